The molecular formula is C32H43N6O9P. The second kappa shape index (κ2) is 16.7. The Bertz CT molecular complexity index is 1500. The molecule has 4 rings (SSSR count). The molecule has 0 saturated carbocycles. The third kappa shape index (κ3) is 10.6. The first-order valence-corrected chi connectivity index (χ1v) is 17.5. The van der Waals surface area contributed by atoms with Crippen molar-refractivity contribution < 1.29 is 42.8 Å². The number of carbonyl (C=O) groups excluding carboxylic acids is 5. The molecule has 1 unspecified atom stereocenters. The zero-order valence-electron chi connectivity index (χ0n) is 26.5. The highest BCUT2D eigenvalue weighted by molar-refractivity contribution is 7.46. The SMILES string of the molecule is NC(=O)CC[C@H](NC(=O)[C@@H]1CCC2CCCC[C@H](NC(=O)[C@@H](N)Cc3ccc(OP(=O)(O)O)cc3)C(=O)N21)C(=O)NCc1ccccc1. The van der Waals surface area contributed by atoms with E-state index in [1.807, 2.05) is 30.3 Å². The van der Waals surface area contributed by atoms with Gasteiger partial charge in [-0.2, -0.15) is 0 Å². The van der Waals surface area contributed by atoms with Crippen LogP contribution in [0.3, 0.4) is 0 Å². The zero-order chi connectivity index (χ0) is 34.8. The van der Waals surface area contributed by atoms with Gasteiger partial charge < -0.3 is 36.8 Å². The lowest BCUT2D eigenvalue weighted by Gasteiger charge is -2.36. The van der Waals surface area contributed by atoms with Crippen LogP contribution in [-0.4, -0.2) is 74.4 Å². The lowest BCUT2D eigenvalue weighted by molar-refractivity contribution is -0.145. The molecule has 2 aromatic rings. The van der Waals surface area contributed by atoms with Crippen molar-refractivity contribution in [1.82, 2.24) is 20.9 Å². The minimum atomic E-state index is -4.71. The smallest absolute Gasteiger partial charge is 0.404 e. The summed E-state index contributed by atoms with van der Waals surface area (Å²) in [5.74, 6) is -2.64. The van der Waals surface area contributed by atoms with Crippen molar-refractivity contribution in [2.24, 2.45) is 11.5 Å². The Balaban J connectivity index is 1.40. The molecule has 260 valence electrons. The molecule has 5 atom stereocenters. The van der Waals surface area contributed by atoms with Gasteiger partial charge in [0.1, 0.15) is 23.9 Å². The molecule has 2 aliphatic heterocycles. The molecule has 0 spiro atoms. The lowest BCUT2D eigenvalue weighted by atomic mass is 9.98. The van der Waals surface area contributed by atoms with Crippen LogP contribution in [0.1, 0.15) is 62.5 Å². The van der Waals surface area contributed by atoms with Gasteiger partial charge >= 0.3 is 7.82 Å². The van der Waals surface area contributed by atoms with Crippen LogP contribution in [-0.2, 0) is 41.5 Å². The van der Waals surface area contributed by atoms with E-state index in [1.54, 1.807) is 0 Å². The van der Waals surface area contributed by atoms with Gasteiger partial charge in [0.15, 0.2) is 0 Å². The maximum Gasteiger partial charge on any atom is 0.524 e. The Morgan fingerprint density at radius 1 is 0.938 bits per heavy atom. The van der Waals surface area contributed by atoms with Crippen LogP contribution >= 0.6 is 7.82 Å². The van der Waals surface area contributed by atoms with E-state index in [0.29, 0.717) is 37.7 Å². The van der Waals surface area contributed by atoms with E-state index in [0.717, 1.165) is 12.0 Å². The van der Waals surface area contributed by atoms with Crippen LogP contribution in [0.2, 0.25) is 0 Å². The number of carbonyl (C=O) groups is 5. The first-order valence-electron chi connectivity index (χ1n) is 15.9. The quantitative estimate of drug-likeness (QED) is 0.136. The van der Waals surface area contributed by atoms with Crippen LogP contribution in [0, 0.1) is 0 Å². The number of phosphoric ester groups is 1. The van der Waals surface area contributed by atoms with Crippen molar-refractivity contribution in [3.63, 3.8) is 0 Å². The average Bonchev–Trinajstić information content (AvgIpc) is 3.46. The number of amides is 5. The summed E-state index contributed by atoms with van der Waals surface area (Å²) in [6.45, 7) is 0.221. The molecule has 2 aliphatic rings. The summed E-state index contributed by atoms with van der Waals surface area (Å²) in [6, 6.07) is 10.9. The van der Waals surface area contributed by atoms with E-state index in [4.69, 9.17) is 21.3 Å². The molecule has 0 radical (unpaired) electrons. The molecule has 2 heterocycles. The highest BCUT2D eigenvalue weighted by Gasteiger charge is 2.44. The second-order valence-electron chi connectivity index (χ2n) is 12.1. The predicted octanol–water partition coefficient (Wildman–Crippen LogP) is 0.513. The highest BCUT2D eigenvalue weighted by Crippen LogP contribution is 2.37. The molecule has 0 aliphatic carbocycles. The molecule has 15 nitrogen and oxygen atoms in total. The average molecular weight is 687 g/mol. The maximum atomic E-state index is 13.9. The molecule has 2 aromatic carbocycles. The standard InChI is InChI=1S/C32H43N6O9P/c33-24(18-20-10-13-23(14-11-20)47-48(44,45)46)29(40)37-26-9-5-4-8-22-12-16-27(38(22)32(26)43)31(42)36-25(15-17-28(34)39)30(41)35-19-21-6-2-1-3-7-21/h1-3,6-7,10-11,13-14,22,24-27H,4-5,8-9,12,15-19,33H2,(H2,34,39)(H,35,41)(H,36,42)(H,37,40)(H2,44,45,46)/t22?,24-,25-,26-,27-/m0/s1. The van der Waals surface area contributed by atoms with Crippen LogP contribution in [0.25, 0.3) is 0 Å². The maximum absolute atomic E-state index is 13.9. The summed E-state index contributed by atoms with van der Waals surface area (Å²) >= 11 is 0. The van der Waals surface area contributed by atoms with Crippen molar-refractivity contribution >= 4 is 37.4 Å². The fraction of sp³-hybridized carbons (Fsp3) is 0.469. The fourth-order valence-corrected chi connectivity index (χ4v) is 6.50. The van der Waals surface area contributed by atoms with Gasteiger partial charge in [0.05, 0.1) is 6.04 Å². The number of fused-ring (bicyclic) bond motifs is 1. The van der Waals surface area contributed by atoms with Crippen LogP contribution in [0.15, 0.2) is 54.6 Å². The van der Waals surface area contributed by atoms with E-state index < -0.39 is 61.5 Å². The van der Waals surface area contributed by atoms with E-state index in [9.17, 15) is 28.5 Å². The van der Waals surface area contributed by atoms with Gasteiger partial charge in [0.25, 0.3) is 0 Å². The summed E-state index contributed by atoms with van der Waals surface area (Å²) in [6.07, 6.45) is 3.42. The molecule has 9 N–H and O–H groups in total. The predicted molar refractivity (Wildman–Crippen MR) is 173 cm³/mol. The van der Waals surface area contributed by atoms with Crippen molar-refractivity contribution in [2.75, 3.05) is 0 Å². The Kier molecular flexibility index (Phi) is 12.7. The number of hydrogen-bond donors (Lipinski definition) is 7. The number of hydrogen-bond acceptors (Lipinski definition) is 8. The minimum absolute atomic E-state index is 0.0121. The Labute approximate surface area is 278 Å². The summed E-state index contributed by atoms with van der Waals surface area (Å²) in [5, 5.41) is 8.30. The molecule has 16 heteroatoms. The summed E-state index contributed by atoms with van der Waals surface area (Å²) < 4.78 is 15.6. The van der Waals surface area contributed by atoms with Gasteiger partial charge in [-0.25, -0.2) is 4.57 Å². The Morgan fingerprint density at radius 3 is 2.29 bits per heavy atom. The third-order valence-corrected chi connectivity index (χ3v) is 8.97. The first-order chi connectivity index (χ1) is 22.8. The van der Waals surface area contributed by atoms with Crippen LogP contribution < -0.4 is 31.9 Å². The molecule has 0 aromatic heterocycles. The molecule has 48 heavy (non-hydrogen) atoms. The number of nitrogens with one attached hydrogen (secondary N) is 3. The van der Waals surface area contributed by atoms with Crippen LogP contribution in [0.4, 0.5) is 0 Å². The van der Waals surface area contributed by atoms with E-state index in [-0.39, 0.29) is 37.6 Å². The molecule has 5 amide bonds. The van der Waals surface area contributed by atoms with Crippen LogP contribution in [0.5, 0.6) is 5.75 Å². The lowest BCUT2D eigenvalue weighted by Crippen LogP contribution is -2.59. The van der Waals surface area contributed by atoms with Crippen molar-refractivity contribution in [1.29, 1.82) is 0 Å². The number of phosphoric acid groups is 1. The van der Waals surface area contributed by atoms with E-state index in [1.165, 1.54) is 29.2 Å². The Morgan fingerprint density at radius 2 is 1.62 bits per heavy atom. The number of nitrogens with zero attached hydrogens (tertiary/aromatic N) is 1. The van der Waals surface area contributed by atoms with Gasteiger partial charge in [-0.15, -0.1) is 0 Å². The third-order valence-electron chi connectivity index (χ3n) is 8.52. The van der Waals surface area contributed by atoms with E-state index in [2.05, 4.69) is 20.5 Å². The molecule has 2 fully saturated rings. The van der Waals surface area contributed by atoms with Gasteiger partial charge in [0.2, 0.25) is 29.5 Å². The minimum Gasteiger partial charge on any atom is -0.404 e. The Hall–Kier alpha value is -4.30. The first kappa shape index (κ1) is 36.5. The molecule has 2 saturated heterocycles. The molecular weight excluding hydrogens is 643 g/mol. The fourth-order valence-electron chi connectivity index (χ4n) is 6.10. The number of nitrogens with two attached hydrogens (primary N) is 2. The van der Waals surface area contributed by atoms with Gasteiger partial charge in [0, 0.05) is 19.0 Å². The largest absolute Gasteiger partial charge is 0.524 e. The van der Waals surface area contributed by atoms with E-state index >= 15 is 0 Å². The highest BCUT2D eigenvalue weighted by atomic mass is 31.2. The van der Waals surface area contributed by atoms with Crippen molar-refractivity contribution in [3.8, 4) is 5.75 Å². The summed E-state index contributed by atoms with van der Waals surface area (Å²) in [4.78, 5) is 84.8. The van der Waals surface area contributed by atoms with Gasteiger partial charge in [-0.1, -0.05) is 55.3 Å². The monoisotopic (exact) mass is 686 g/mol. The van der Waals surface area contributed by atoms with Gasteiger partial charge in [-0.05, 0) is 61.8 Å². The zero-order valence-corrected chi connectivity index (χ0v) is 27.3. The number of benzene rings is 2. The molecule has 0 bridgehead atoms. The van der Waals surface area contributed by atoms with Crippen molar-refractivity contribution in [3.05, 3.63) is 65.7 Å². The number of primary amides is 1. The topological polar surface area (TPSA) is 243 Å². The van der Waals surface area contributed by atoms with Crippen molar-refractivity contribution in [2.45, 2.75) is 94.5 Å². The summed E-state index contributed by atoms with van der Waals surface area (Å²) in [7, 11) is -4.71. The number of rotatable bonds is 14. The second-order valence-corrected chi connectivity index (χ2v) is 13.3. The normalized spacial score (nSPS) is 20.8. The summed E-state index contributed by atoms with van der Waals surface area (Å²) in [5.41, 5.74) is 13.0. The van der Waals surface area contributed by atoms with Gasteiger partial charge in [-0.3, -0.25) is 33.8 Å².